The molecular formula is C27H24ClFN8O. The first-order valence-electron chi connectivity index (χ1n) is 12.0. The standard InChI is InChI=1S/C27H24ClFN8O/c28-21-16-33-27(34-19-8-9-25(32-15-19)37-12-10-31-11-13-37)36-26(21)35-23-6-3-7-24(20(23)14-30)38-17-18-4-1-2-5-22(18)29/h1-9,15-16,31H,10-13,17H2,(H2,33,34,35,36). The average molecular weight is 531 g/mol. The molecule has 0 saturated carbocycles. The molecule has 11 heteroatoms. The van der Waals surface area contributed by atoms with Gasteiger partial charge in [0.05, 0.1) is 23.8 Å². The van der Waals surface area contributed by atoms with Crippen molar-refractivity contribution >= 4 is 40.6 Å². The highest BCUT2D eigenvalue weighted by atomic mass is 35.5. The van der Waals surface area contributed by atoms with Crippen molar-refractivity contribution < 1.29 is 9.13 Å². The van der Waals surface area contributed by atoms with Crippen molar-refractivity contribution in [1.82, 2.24) is 20.3 Å². The molecule has 0 atom stereocenters. The summed E-state index contributed by atoms with van der Waals surface area (Å²) in [6.45, 7) is 3.67. The number of ether oxygens (including phenoxy) is 1. The Morgan fingerprint density at radius 2 is 1.87 bits per heavy atom. The van der Waals surface area contributed by atoms with E-state index in [1.807, 2.05) is 12.1 Å². The number of nitriles is 1. The molecule has 0 spiro atoms. The summed E-state index contributed by atoms with van der Waals surface area (Å²) in [5.41, 5.74) is 1.78. The van der Waals surface area contributed by atoms with E-state index in [0.29, 0.717) is 28.8 Å². The number of hydrogen-bond acceptors (Lipinski definition) is 9. The van der Waals surface area contributed by atoms with E-state index >= 15 is 0 Å². The number of nitrogens with zero attached hydrogens (tertiary/aromatic N) is 5. The smallest absolute Gasteiger partial charge is 0.229 e. The van der Waals surface area contributed by atoms with E-state index in [9.17, 15) is 9.65 Å². The van der Waals surface area contributed by atoms with Crippen LogP contribution >= 0.6 is 11.6 Å². The molecule has 38 heavy (non-hydrogen) atoms. The van der Waals surface area contributed by atoms with Crippen LogP contribution in [0.25, 0.3) is 0 Å². The fraction of sp³-hybridized carbons (Fsp3) is 0.185. The topological polar surface area (TPSA) is 111 Å². The van der Waals surface area contributed by atoms with Gasteiger partial charge in [0, 0.05) is 31.7 Å². The largest absolute Gasteiger partial charge is 0.487 e. The third kappa shape index (κ3) is 5.91. The zero-order chi connectivity index (χ0) is 26.3. The summed E-state index contributed by atoms with van der Waals surface area (Å²) in [5.74, 6) is 1.45. The molecule has 9 nitrogen and oxygen atoms in total. The maximum Gasteiger partial charge on any atom is 0.229 e. The van der Waals surface area contributed by atoms with E-state index in [-0.39, 0.29) is 23.0 Å². The molecule has 5 rings (SSSR count). The summed E-state index contributed by atoms with van der Waals surface area (Å²) in [5, 5.41) is 19.6. The van der Waals surface area contributed by atoms with E-state index in [1.54, 1.807) is 42.6 Å². The molecule has 4 aromatic rings. The van der Waals surface area contributed by atoms with E-state index in [0.717, 1.165) is 37.7 Å². The molecule has 1 fully saturated rings. The molecule has 1 saturated heterocycles. The van der Waals surface area contributed by atoms with Gasteiger partial charge in [0.25, 0.3) is 0 Å². The summed E-state index contributed by atoms with van der Waals surface area (Å²) in [4.78, 5) is 15.5. The van der Waals surface area contributed by atoms with Gasteiger partial charge in [0.1, 0.15) is 40.6 Å². The van der Waals surface area contributed by atoms with Crippen molar-refractivity contribution in [2.75, 3.05) is 41.7 Å². The second-order valence-electron chi connectivity index (χ2n) is 8.45. The zero-order valence-corrected chi connectivity index (χ0v) is 21.0. The fourth-order valence-corrected chi connectivity index (χ4v) is 4.09. The third-order valence-electron chi connectivity index (χ3n) is 5.92. The van der Waals surface area contributed by atoms with Crippen molar-refractivity contribution in [1.29, 1.82) is 5.26 Å². The van der Waals surface area contributed by atoms with E-state index in [2.05, 4.69) is 41.9 Å². The molecule has 0 aliphatic carbocycles. The van der Waals surface area contributed by atoms with E-state index < -0.39 is 0 Å². The molecule has 2 aromatic heterocycles. The highest BCUT2D eigenvalue weighted by molar-refractivity contribution is 6.32. The van der Waals surface area contributed by atoms with Gasteiger partial charge >= 0.3 is 0 Å². The summed E-state index contributed by atoms with van der Waals surface area (Å²) in [6.07, 6.45) is 3.19. The quantitative estimate of drug-likeness (QED) is 0.289. The average Bonchev–Trinajstić information content (AvgIpc) is 2.95. The van der Waals surface area contributed by atoms with Crippen LogP contribution in [-0.2, 0) is 6.61 Å². The van der Waals surface area contributed by atoms with Crippen molar-refractivity contribution in [3.63, 3.8) is 0 Å². The number of aromatic nitrogens is 3. The van der Waals surface area contributed by atoms with Gasteiger partial charge in [0.2, 0.25) is 5.95 Å². The summed E-state index contributed by atoms with van der Waals surface area (Å²) >= 11 is 6.36. The van der Waals surface area contributed by atoms with Crippen LogP contribution in [0.15, 0.2) is 67.0 Å². The molecular weight excluding hydrogens is 507 g/mol. The van der Waals surface area contributed by atoms with Crippen LogP contribution in [0.2, 0.25) is 5.02 Å². The van der Waals surface area contributed by atoms with Crippen LogP contribution in [-0.4, -0.2) is 41.1 Å². The Bertz CT molecular complexity index is 1450. The van der Waals surface area contributed by atoms with Crippen molar-refractivity contribution in [3.8, 4) is 11.8 Å². The van der Waals surface area contributed by atoms with Crippen molar-refractivity contribution in [3.05, 3.63) is 89.0 Å². The highest BCUT2D eigenvalue weighted by Gasteiger charge is 2.15. The number of benzene rings is 2. The molecule has 1 aliphatic rings. The predicted octanol–water partition coefficient (Wildman–Crippen LogP) is 5.01. The van der Waals surface area contributed by atoms with Gasteiger partial charge in [-0.05, 0) is 30.3 Å². The summed E-state index contributed by atoms with van der Waals surface area (Å²) in [6, 6.07) is 17.4. The summed E-state index contributed by atoms with van der Waals surface area (Å²) in [7, 11) is 0. The number of piperazine rings is 1. The lowest BCUT2D eigenvalue weighted by atomic mass is 10.1. The summed E-state index contributed by atoms with van der Waals surface area (Å²) < 4.78 is 19.7. The van der Waals surface area contributed by atoms with Crippen LogP contribution in [0.3, 0.4) is 0 Å². The van der Waals surface area contributed by atoms with Gasteiger partial charge in [-0.2, -0.15) is 10.2 Å². The second kappa shape index (κ2) is 11.7. The van der Waals surface area contributed by atoms with Crippen LogP contribution in [0.5, 0.6) is 5.75 Å². The van der Waals surface area contributed by atoms with Crippen LogP contribution in [0.1, 0.15) is 11.1 Å². The Hall–Kier alpha value is -4.46. The van der Waals surface area contributed by atoms with Crippen LogP contribution in [0.4, 0.5) is 33.3 Å². The van der Waals surface area contributed by atoms with Gasteiger partial charge in [-0.3, -0.25) is 0 Å². The van der Waals surface area contributed by atoms with E-state index in [4.69, 9.17) is 16.3 Å². The maximum absolute atomic E-state index is 14.0. The molecule has 0 radical (unpaired) electrons. The number of pyridine rings is 1. The normalized spacial score (nSPS) is 13.0. The lowest BCUT2D eigenvalue weighted by Crippen LogP contribution is -2.43. The minimum absolute atomic E-state index is 0.0192. The van der Waals surface area contributed by atoms with Crippen LogP contribution in [0, 0.1) is 17.1 Å². The fourth-order valence-electron chi connectivity index (χ4n) is 3.95. The van der Waals surface area contributed by atoms with Gasteiger partial charge in [-0.1, -0.05) is 35.9 Å². The number of rotatable bonds is 8. The number of hydrogen-bond donors (Lipinski definition) is 3. The molecule has 0 unspecified atom stereocenters. The lowest BCUT2D eigenvalue weighted by molar-refractivity contribution is 0.299. The zero-order valence-electron chi connectivity index (χ0n) is 20.3. The Morgan fingerprint density at radius 3 is 2.63 bits per heavy atom. The number of nitrogens with one attached hydrogen (secondary N) is 3. The Morgan fingerprint density at radius 1 is 1.03 bits per heavy atom. The van der Waals surface area contributed by atoms with Crippen molar-refractivity contribution in [2.24, 2.45) is 0 Å². The van der Waals surface area contributed by atoms with Crippen LogP contribution < -0.4 is 25.6 Å². The Labute approximate surface area is 224 Å². The maximum atomic E-state index is 14.0. The molecule has 192 valence electrons. The molecule has 3 heterocycles. The van der Waals surface area contributed by atoms with E-state index in [1.165, 1.54) is 12.3 Å². The van der Waals surface area contributed by atoms with Crippen molar-refractivity contribution in [2.45, 2.75) is 6.61 Å². The highest BCUT2D eigenvalue weighted by Crippen LogP contribution is 2.31. The molecule has 3 N–H and O–H groups in total. The van der Waals surface area contributed by atoms with Gasteiger partial charge < -0.3 is 25.6 Å². The first-order valence-corrected chi connectivity index (χ1v) is 12.4. The SMILES string of the molecule is N#Cc1c(Nc2nc(Nc3ccc(N4CCNCC4)nc3)ncc2Cl)cccc1OCc1ccccc1F. The molecule has 2 aromatic carbocycles. The van der Waals surface area contributed by atoms with Gasteiger partial charge in [0.15, 0.2) is 5.82 Å². The third-order valence-corrected chi connectivity index (χ3v) is 6.20. The number of anilines is 5. The van der Waals surface area contributed by atoms with Gasteiger partial charge in [-0.25, -0.2) is 14.4 Å². The van der Waals surface area contributed by atoms with Gasteiger partial charge in [-0.15, -0.1) is 0 Å². The predicted molar refractivity (Wildman–Crippen MR) is 145 cm³/mol. The lowest BCUT2D eigenvalue weighted by Gasteiger charge is -2.28. The molecule has 1 aliphatic heterocycles. The number of halogens is 2. The first kappa shape index (κ1) is 25.2. The molecule has 0 bridgehead atoms. The minimum atomic E-state index is -0.373. The monoisotopic (exact) mass is 530 g/mol. The Kier molecular flexibility index (Phi) is 7.78. The molecule has 0 amide bonds. The second-order valence-corrected chi connectivity index (χ2v) is 8.86. The Balaban J connectivity index is 1.31. The minimum Gasteiger partial charge on any atom is -0.487 e. The first-order chi connectivity index (χ1) is 18.6.